The van der Waals surface area contributed by atoms with Gasteiger partial charge in [-0.3, -0.25) is 4.98 Å². The average molecular weight is 273 g/mol. The highest BCUT2D eigenvalue weighted by molar-refractivity contribution is 5.51. The van der Waals surface area contributed by atoms with Crippen LogP contribution in [0.15, 0.2) is 18.5 Å². The van der Waals surface area contributed by atoms with E-state index >= 15 is 0 Å². The van der Waals surface area contributed by atoms with Crippen LogP contribution in [0, 0.1) is 0 Å². The molecule has 2 rings (SSSR count). The van der Waals surface area contributed by atoms with E-state index in [9.17, 15) is 13.2 Å². The van der Waals surface area contributed by atoms with E-state index in [0.29, 0.717) is 12.6 Å². The van der Waals surface area contributed by atoms with Crippen molar-refractivity contribution in [3.05, 3.63) is 24.0 Å². The van der Waals surface area contributed by atoms with Crippen molar-refractivity contribution in [1.29, 1.82) is 0 Å². The maximum atomic E-state index is 12.2. The van der Waals surface area contributed by atoms with Crippen molar-refractivity contribution in [2.45, 2.75) is 38.0 Å². The second kappa shape index (κ2) is 5.77. The van der Waals surface area contributed by atoms with Gasteiger partial charge < -0.3 is 10.2 Å². The minimum absolute atomic E-state index is 0.0500. The Bertz CT molecular complexity index is 416. The lowest BCUT2D eigenvalue weighted by Gasteiger charge is -2.22. The predicted molar refractivity (Wildman–Crippen MR) is 68.0 cm³/mol. The normalized spacial score (nSPS) is 15.6. The van der Waals surface area contributed by atoms with Gasteiger partial charge in [-0.15, -0.1) is 0 Å². The van der Waals surface area contributed by atoms with Crippen LogP contribution < -0.4 is 10.2 Å². The lowest BCUT2D eigenvalue weighted by molar-refractivity contribution is -0.132. The van der Waals surface area contributed by atoms with E-state index in [4.69, 9.17) is 0 Å². The Morgan fingerprint density at radius 2 is 2.16 bits per heavy atom. The van der Waals surface area contributed by atoms with Crippen LogP contribution in [-0.2, 0) is 6.54 Å². The highest BCUT2D eigenvalue weighted by atomic mass is 19.4. The van der Waals surface area contributed by atoms with E-state index in [1.807, 2.05) is 6.07 Å². The van der Waals surface area contributed by atoms with E-state index in [2.05, 4.69) is 10.3 Å². The third-order valence-electron chi connectivity index (χ3n) is 3.19. The molecule has 0 amide bonds. The number of alkyl halides is 3. The topological polar surface area (TPSA) is 28.2 Å². The minimum atomic E-state index is -4.12. The van der Waals surface area contributed by atoms with Gasteiger partial charge in [0.2, 0.25) is 0 Å². The van der Waals surface area contributed by atoms with Gasteiger partial charge in [0.05, 0.1) is 18.3 Å². The zero-order valence-electron chi connectivity index (χ0n) is 10.9. The maximum absolute atomic E-state index is 12.2. The summed E-state index contributed by atoms with van der Waals surface area (Å²) in [5.74, 6) is 0. The second-order valence-corrected chi connectivity index (χ2v) is 4.95. The zero-order chi connectivity index (χ0) is 13.9. The molecule has 0 spiro atoms. The number of hydrogen-bond acceptors (Lipinski definition) is 3. The first-order chi connectivity index (χ1) is 8.96. The molecular weight excluding hydrogens is 255 g/mol. The van der Waals surface area contributed by atoms with Crippen molar-refractivity contribution >= 4 is 5.69 Å². The van der Waals surface area contributed by atoms with E-state index in [1.54, 1.807) is 24.3 Å². The molecule has 1 saturated carbocycles. The monoisotopic (exact) mass is 273 g/mol. The molecule has 0 aromatic carbocycles. The number of rotatable bonds is 6. The summed E-state index contributed by atoms with van der Waals surface area (Å²) in [7, 11) is 1.67. The molecule has 0 radical (unpaired) electrons. The number of nitrogens with zero attached hydrogens (tertiary/aromatic N) is 2. The molecule has 3 nitrogen and oxygen atoms in total. The lowest BCUT2D eigenvalue weighted by atomic mass is 10.2. The van der Waals surface area contributed by atoms with Crippen LogP contribution in [0.1, 0.15) is 24.8 Å². The van der Waals surface area contributed by atoms with Gasteiger partial charge in [-0.1, -0.05) is 0 Å². The van der Waals surface area contributed by atoms with Crippen LogP contribution >= 0.6 is 0 Å². The fourth-order valence-electron chi connectivity index (χ4n) is 1.86. The molecule has 19 heavy (non-hydrogen) atoms. The molecule has 1 aromatic heterocycles. The van der Waals surface area contributed by atoms with Crippen LogP contribution in [0.2, 0.25) is 0 Å². The number of aromatic nitrogens is 1. The minimum Gasteiger partial charge on any atom is -0.373 e. The first-order valence-corrected chi connectivity index (χ1v) is 6.40. The molecule has 1 aliphatic rings. The summed E-state index contributed by atoms with van der Waals surface area (Å²) in [6.07, 6.45) is 0.733. The number of anilines is 1. The molecule has 0 atom stereocenters. The maximum Gasteiger partial charge on any atom is 0.390 e. The fraction of sp³-hybridized carbons (Fsp3) is 0.615. The van der Waals surface area contributed by atoms with Crippen LogP contribution in [0.5, 0.6) is 0 Å². The summed E-state index contributed by atoms with van der Waals surface area (Å²) in [5, 5.41) is 3.36. The Kier molecular flexibility index (Phi) is 4.29. The third-order valence-corrected chi connectivity index (χ3v) is 3.19. The van der Waals surface area contributed by atoms with Crippen molar-refractivity contribution < 1.29 is 13.2 Å². The summed E-state index contributed by atoms with van der Waals surface area (Å²) in [4.78, 5) is 5.62. The van der Waals surface area contributed by atoms with Crippen LogP contribution in [-0.4, -0.2) is 30.8 Å². The standard InChI is InChI=1S/C13H18F3N3/c1-19(7-5-13(14,15)16)12-9-17-6-4-10(12)8-18-11-2-3-11/h4,6,9,11,18H,2-3,5,7-8H2,1H3. The van der Waals surface area contributed by atoms with Crippen LogP contribution in [0.4, 0.5) is 18.9 Å². The SMILES string of the molecule is CN(CCC(F)(F)F)c1cnccc1CNC1CC1. The lowest BCUT2D eigenvalue weighted by Crippen LogP contribution is -2.26. The van der Waals surface area contributed by atoms with Crippen molar-refractivity contribution in [2.24, 2.45) is 0 Å². The Balaban J connectivity index is 1.96. The summed E-state index contributed by atoms with van der Waals surface area (Å²) in [6.45, 7) is 0.629. The van der Waals surface area contributed by atoms with Gasteiger partial charge in [0.15, 0.2) is 0 Å². The molecule has 0 saturated heterocycles. The molecule has 6 heteroatoms. The summed E-state index contributed by atoms with van der Waals surface area (Å²) in [6, 6.07) is 2.43. The smallest absolute Gasteiger partial charge is 0.373 e. The molecule has 1 heterocycles. The van der Waals surface area contributed by atoms with Crippen LogP contribution in [0.3, 0.4) is 0 Å². The number of halogens is 3. The van der Waals surface area contributed by atoms with Crippen LogP contribution in [0.25, 0.3) is 0 Å². The van der Waals surface area contributed by atoms with Gasteiger partial charge in [-0.25, -0.2) is 0 Å². The largest absolute Gasteiger partial charge is 0.390 e. The number of nitrogens with one attached hydrogen (secondary N) is 1. The number of pyridine rings is 1. The van der Waals surface area contributed by atoms with Gasteiger partial charge in [0.25, 0.3) is 0 Å². The molecule has 0 aliphatic heterocycles. The van der Waals surface area contributed by atoms with E-state index < -0.39 is 12.6 Å². The van der Waals surface area contributed by atoms with Crippen molar-refractivity contribution in [1.82, 2.24) is 10.3 Å². The number of hydrogen-bond donors (Lipinski definition) is 1. The van der Waals surface area contributed by atoms with Gasteiger partial charge in [0, 0.05) is 32.4 Å². The quantitative estimate of drug-likeness (QED) is 0.863. The van der Waals surface area contributed by atoms with E-state index in [-0.39, 0.29) is 6.54 Å². The second-order valence-electron chi connectivity index (χ2n) is 4.95. The van der Waals surface area contributed by atoms with E-state index in [0.717, 1.165) is 11.3 Å². The molecular formula is C13H18F3N3. The van der Waals surface area contributed by atoms with Gasteiger partial charge in [-0.2, -0.15) is 13.2 Å². The Morgan fingerprint density at radius 1 is 1.42 bits per heavy atom. The summed E-state index contributed by atoms with van der Waals surface area (Å²) < 4.78 is 36.7. The zero-order valence-corrected chi connectivity index (χ0v) is 10.9. The van der Waals surface area contributed by atoms with Crippen molar-refractivity contribution in [3.63, 3.8) is 0 Å². The average Bonchev–Trinajstić information content (AvgIpc) is 3.17. The molecule has 1 fully saturated rings. The van der Waals surface area contributed by atoms with Gasteiger partial charge in [-0.05, 0) is 24.5 Å². The Hall–Kier alpha value is -1.30. The molecule has 1 aliphatic carbocycles. The molecule has 106 valence electrons. The molecule has 1 aromatic rings. The molecule has 0 unspecified atom stereocenters. The van der Waals surface area contributed by atoms with E-state index in [1.165, 1.54) is 12.8 Å². The van der Waals surface area contributed by atoms with Gasteiger partial charge in [0.1, 0.15) is 0 Å². The first-order valence-electron chi connectivity index (χ1n) is 6.40. The van der Waals surface area contributed by atoms with Crippen molar-refractivity contribution in [2.75, 3.05) is 18.5 Å². The highest BCUT2D eigenvalue weighted by Gasteiger charge is 2.27. The summed E-state index contributed by atoms with van der Waals surface area (Å²) >= 11 is 0. The molecule has 1 N–H and O–H groups in total. The fourth-order valence-corrected chi connectivity index (χ4v) is 1.86. The summed E-state index contributed by atoms with van der Waals surface area (Å²) in [5.41, 5.74) is 1.76. The van der Waals surface area contributed by atoms with Crippen molar-refractivity contribution in [3.8, 4) is 0 Å². The molecule has 0 bridgehead atoms. The highest BCUT2D eigenvalue weighted by Crippen LogP contribution is 2.24. The van der Waals surface area contributed by atoms with Gasteiger partial charge >= 0.3 is 6.18 Å². The Labute approximate surface area is 110 Å². The first kappa shape index (κ1) is 14.1. The predicted octanol–water partition coefficient (Wildman–Crippen LogP) is 2.72. The Morgan fingerprint density at radius 3 is 2.79 bits per heavy atom. The third kappa shape index (κ3) is 4.70.